The van der Waals surface area contributed by atoms with Crippen molar-refractivity contribution < 1.29 is 67.3 Å². The maximum atomic E-state index is 13.1. The number of rotatable bonds is 30. The van der Waals surface area contributed by atoms with Crippen LogP contribution in [0.15, 0.2) is 11.6 Å². The van der Waals surface area contributed by atoms with Crippen LogP contribution in [0.5, 0.6) is 0 Å². The quantitative estimate of drug-likeness (QED) is 0.0184. The van der Waals surface area contributed by atoms with Gasteiger partial charge in [-0.15, -0.1) is 0 Å². The van der Waals surface area contributed by atoms with Crippen LogP contribution in [0, 0.1) is 46.3 Å². The highest BCUT2D eigenvalue weighted by Gasteiger charge is 2.59. The molecule has 0 amide bonds. The predicted molar refractivity (Wildman–Crippen MR) is 249 cm³/mol. The molecule has 0 bridgehead atoms. The summed E-state index contributed by atoms with van der Waals surface area (Å²) in [6, 6.07) is 0. The Bertz CT molecular complexity index is 1380. The van der Waals surface area contributed by atoms with Crippen LogP contribution >= 0.6 is 0 Å². The number of carbonyl (C=O) groups is 3. The summed E-state index contributed by atoms with van der Waals surface area (Å²) in [7, 11) is 1.89. The zero-order valence-corrected chi connectivity index (χ0v) is 43.4. The number of likely N-dealkylation sites (N-methyl/N-ethyl adjacent to an activating group) is 1. The fourth-order valence-corrected chi connectivity index (χ4v) is 13.0. The number of quaternary nitrogens is 1. The van der Waals surface area contributed by atoms with Gasteiger partial charge < -0.3 is 52.9 Å². The van der Waals surface area contributed by atoms with Crippen molar-refractivity contribution in [2.75, 3.05) is 46.5 Å². The molecule has 0 unspecified atom stereocenters. The van der Waals surface area contributed by atoms with Crippen molar-refractivity contribution in [2.45, 2.75) is 214 Å². The zero-order valence-electron chi connectivity index (χ0n) is 41.3. The summed E-state index contributed by atoms with van der Waals surface area (Å²) in [5, 5.41) is 19.4. The van der Waals surface area contributed by atoms with Gasteiger partial charge in [0.1, 0.15) is 32.3 Å². The fraction of sp³-hybridized carbons (Fsp3) is 0.906. The smallest absolute Gasteiger partial charge is 0.306 e. The van der Waals surface area contributed by atoms with Crippen LogP contribution in [0.25, 0.3) is 0 Å². The third-order valence-electron chi connectivity index (χ3n) is 16.7. The summed E-state index contributed by atoms with van der Waals surface area (Å²) in [4.78, 5) is 39.0. The first-order valence-electron chi connectivity index (χ1n) is 26.0. The molecule has 0 aromatic heterocycles. The Morgan fingerprint density at radius 3 is 2.03 bits per heavy atom. The van der Waals surface area contributed by atoms with E-state index in [4.69, 9.17) is 14.2 Å². The number of halogens is 1. The number of hydrogen-bond donors (Lipinski definition) is 2. The van der Waals surface area contributed by atoms with E-state index in [0.29, 0.717) is 30.8 Å². The Balaban J connectivity index is 0.0000106. The number of allylic oxidation sites excluding steroid dienone is 1. The van der Waals surface area contributed by atoms with Crippen molar-refractivity contribution in [3.8, 4) is 0 Å². The molecule has 3 saturated carbocycles. The standard InChI is InChI=1S/C53H94NO8.HI/c1-8-9-10-11-12-13-14-15-16-17-18-22-50(58)62-44(38-54(7,33-35-55)34-36-56)39-60-49(57)27-28-51(59)61-43-29-31-52(5)42(37-43)23-24-45-47-26-25-46(41(4)21-19-20-40(2)3)53(47,6)32-30-48(45)52;/h23,40-41,43-48,55-56H,8-22,24-39H2,1-7H3;1H/q+1;/p-1/t41-,43+,44+,45+,46-,47+,48+,52+,53-;/m1./s1. The normalized spacial score (nSPS) is 27.6. The van der Waals surface area contributed by atoms with Crippen LogP contribution in [-0.4, -0.2) is 91.3 Å². The molecule has 0 saturated heterocycles. The number of esters is 3. The summed E-state index contributed by atoms with van der Waals surface area (Å²) in [6.07, 6.45) is 28.3. The molecule has 0 aromatic carbocycles. The van der Waals surface area contributed by atoms with Crippen LogP contribution in [0.2, 0.25) is 0 Å². The first-order chi connectivity index (χ1) is 29.7. The molecule has 9 nitrogen and oxygen atoms in total. The first kappa shape index (κ1) is 56.1. The fourth-order valence-electron chi connectivity index (χ4n) is 13.0. The van der Waals surface area contributed by atoms with Gasteiger partial charge in [0, 0.05) is 12.8 Å². The Hall–Kier alpha value is -1.24. The molecule has 4 aliphatic carbocycles. The number of ether oxygens (including phenoxy) is 3. The van der Waals surface area contributed by atoms with E-state index in [0.717, 1.165) is 74.5 Å². The lowest BCUT2D eigenvalue weighted by Gasteiger charge is -2.58. The zero-order chi connectivity index (χ0) is 45.2. The van der Waals surface area contributed by atoms with Gasteiger partial charge in [-0.2, -0.15) is 0 Å². The van der Waals surface area contributed by atoms with Gasteiger partial charge in [-0.1, -0.05) is 137 Å². The summed E-state index contributed by atoms with van der Waals surface area (Å²) in [6.45, 7) is 15.3. The van der Waals surface area contributed by atoms with Crippen LogP contribution in [-0.2, 0) is 28.6 Å². The second-order valence-corrected chi connectivity index (χ2v) is 21.9. The number of nitrogens with zero attached hydrogens (tertiary/aromatic N) is 1. The lowest BCUT2D eigenvalue weighted by Crippen LogP contribution is -3.00. The van der Waals surface area contributed by atoms with E-state index in [1.165, 1.54) is 102 Å². The highest BCUT2D eigenvalue weighted by Crippen LogP contribution is 2.67. The summed E-state index contributed by atoms with van der Waals surface area (Å²) in [5.74, 6) is 3.49. The van der Waals surface area contributed by atoms with E-state index in [1.54, 1.807) is 0 Å². The van der Waals surface area contributed by atoms with Crippen LogP contribution in [0.1, 0.15) is 202 Å². The highest BCUT2D eigenvalue weighted by atomic mass is 127. The molecule has 10 heteroatoms. The Morgan fingerprint density at radius 1 is 0.762 bits per heavy atom. The molecule has 4 aliphatic rings. The Morgan fingerprint density at radius 2 is 1.40 bits per heavy atom. The highest BCUT2D eigenvalue weighted by molar-refractivity contribution is 5.77. The van der Waals surface area contributed by atoms with Gasteiger partial charge in [0.2, 0.25) is 0 Å². The maximum Gasteiger partial charge on any atom is 0.306 e. The van der Waals surface area contributed by atoms with Crippen molar-refractivity contribution in [1.29, 1.82) is 0 Å². The molecule has 0 radical (unpaired) electrons. The van der Waals surface area contributed by atoms with E-state index in [9.17, 15) is 24.6 Å². The number of carbonyl (C=O) groups excluding carboxylic acids is 3. The van der Waals surface area contributed by atoms with Crippen LogP contribution < -0.4 is 24.0 Å². The SMILES string of the molecule is CCCCCCCCCCCCCC(=O)O[C@H](COC(=O)CCC(=O)O[C@H]1CC[C@@]2(C)C(=CC[C@H]3[C@@H]4CC[C@H]([C@H](C)CCCC(C)C)[C@@]4(C)CC[C@@H]32)C1)C[N+](C)(CCO)CCO.[I-]. The molecule has 0 aliphatic heterocycles. The van der Waals surface area contributed by atoms with Gasteiger partial charge in [-0.3, -0.25) is 14.4 Å². The summed E-state index contributed by atoms with van der Waals surface area (Å²) >= 11 is 0. The lowest BCUT2D eigenvalue weighted by atomic mass is 9.47. The van der Waals surface area contributed by atoms with Gasteiger partial charge in [-0.05, 0) is 97.7 Å². The number of aliphatic hydroxyl groups is 2. The minimum Gasteiger partial charge on any atom is -1.00 e. The van der Waals surface area contributed by atoms with E-state index < -0.39 is 12.1 Å². The Kier molecular flexibility index (Phi) is 25.1. The van der Waals surface area contributed by atoms with Gasteiger partial charge in [0.25, 0.3) is 0 Å². The topological polar surface area (TPSA) is 119 Å². The van der Waals surface area contributed by atoms with Crippen molar-refractivity contribution in [2.24, 2.45) is 46.3 Å². The minimum atomic E-state index is -0.731. The molecule has 3 fully saturated rings. The lowest BCUT2D eigenvalue weighted by molar-refractivity contribution is -0.912. The molecule has 0 aromatic rings. The molecule has 0 spiro atoms. The average molecular weight is 1000 g/mol. The van der Waals surface area contributed by atoms with E-state index in [2.05, 4.69) is 47.6 Å². The van der Waals surface area contributed by atoms with Crippen molar-refractivity contribution >= 4 is 17.9 Å². The van der Waals surface area contributed by atoms with Crippen LogP contribution in [0.4, 0.5) is 0 Å². The number of hydrogen-bond acceptors (Lipinski definition) is 8. The third-order valence-corrected chi connectivity index (χ3v) is 16.7. The minimum absolute atomic E-state index is 0. The average Bonchev–Trinajstić information content (AvgIpc) is 3.58. The molecule has 2 N–H and O–H groups in total. The van der Waals surface area contributed by atoms with Crippen LogP contribution in [0.3, 0.4) is 0 Å². The van der Waals surface area contributed by atoms with Crippen molar-refractivity contribution in [1.82, 2.24) is 0 Å². The molecular formula is C53H94INO8. The third kappa shape index (κ3) is 17.1. The maximum absolute atomic E-state index is 13.1. The number of aliphatic hydroxyl groups excluding tert-OH is 2. The van der Waals surface area contributed by atoms with E-state index in [-0.39, 0.29) is 91.1 Å². The van der Waals surface area contributed by atoms with E-state index >= 15 is 0 Å². The summed E-state index contributed by atoms with van der Waals surface area (Å²) < 4.78 is 17.8. The number of fused-ring (bicyclic) bond motifs is 5. The van der Waals surface area contributed by atoms with Gasteiger partial charge in [-0.25, -0.2) is 0 Å². The molecule has 63 heavy (non-hydrogen) atoms. The van der Waals surface area contributed by atoms with Crippen molar-refractivity contribution in [3.05, 3.63) is 11.6 Å². The largest absolute Gasteiger partial charge is 1.00 e. The predicted octanol–water partition coefficient (Wildman–Crippen LogP) is 8.31. The van der Waals surface area contributed by atoms with E-state index in [1.807, 2.05) is 7.05 Å². The first-order valence-corrected chi connectivity index (χ1v) is 26.0. The molecular weight excluding hydrogens is 905 g/mol. The molecule has 9 atom stereocenters. The monoisotopic (exact) mass is 1000 g/mol. The summed E-state index contributed by atoms with van der Waals surface area (Å²) in [5.41, 5.74) is 2.12. The van der Waals surface area contributed by atoms with Crippen molar-refractivity contribution in [3.63, 3.8) is 0 Å². The Labute approximate surface area is 402 Å². The molecule has 0 heterocycles. The second-order valence-electron chi connectivity index (χ2n) is 21.9. The second kappa shape index (κ2) is 28.2. The molecule has 4 rings (SSSR count). The van der Waals surface area contributed by atoms with Gasteiger partial charge in [0.15, 0.2) is 6.10 Å². The van der Waals surface area contributed by atoms with Gasteiger partial charge in [0.05, 0.1) is 33.1 Å². The molecule has 366 valence electrons. The number of unbranched alkanes of at least 4 members (excludes halogenated alkanes) is 10. The van der Waals surface area contributed by atoms with Gasteiger partial charge >= 0.3 is 17.9 Å².